The summed E-state index contributed by atoms with van der Waals surface area (Å²) in [5.74, 6) is 1.12. The van der Waals surface area contributed by atoms with Crippen LogP contribution in [0.1, 0.15) is 32.0 Å². The molecule has 27 heavy (non-hydrogen) atoms. The van der Waals surface area contributed by atoms with E-state index in [0.29, 0.717) is 24.1 Å². The van der Waals surface area contributed by atoms with E-state index < -0.39 is 0 Å². The maximum atomic E-state index is 5.90. The van der Waals surface area contributed by atoms with Gasteiger partial charge in [0.05, 0.1) is 37.3 Å². The summed E-state index contributed by atoms with van der Waals surface area (Å²) in [7, 11) is 1.60. The fourth-order valence-corrected chi connectivity index (χ4v) is 2.84. The van der Waals surface area contributed by atoms with Gasteiger partial charge >= 0.3 is 0 Å². The smallest absolute Gasteiger partial charge is 0.240 e. The van der Waals surface area contributed by atoms with Crippen molar-refractivity contribution in [1.82, 2.24) is 24.9 Å². The molecule has 3 heterocycles. The van der Waals surface area contributed by atoms with E-state index in [1.165, 1.54) is 0 Å². The van der Waals surface area contributed by atoms with Crippen LogP contribution in [0.15, 0.2) is 43.2 Å². The molecule has 7 heteroatoms. The van der Waals surface area contributed by atoms with Crippen LogP contribution >= 0.6 is 0 Å². The van der Waals surface area contributed by atoms with Gasteiger partial charge in [-0.1, -0.05) is 13.0 Å². The summed E-state index contributed by atoms with van der Waals surface area (Å²) in [6.45, 7) is 9.24. The molecule has 0 radical (unpaired) electrons. The minimum atomic E-state index is 0.0918. The minimum absolute atomic E-state index is 0.0918. The summed E-state index contributed by atoms with van der Waals surface area (Å²) in [6.07, 6.45) is 6.07. The molecule has 3 rings (SSSR count). The number of nitrogens with zero attached hydrogens (tertiary/aromatic N) is 4. The van der Waals surface area contributed by atoms with Crippen LogP contribution in [0.5, 0.6) is 11.8 Å². The number of nitrogens with one attached hydrogen (secondary N) is 1. The first-order valence-electron chi connectivity index (χ1n) is 9.04. The SMILES string of the molecule is C=CCCOc1cc(-c2nc(C(C)NCC)cnc2OC)cc2ccnn12. The molecule has 0 aliphatic carbocycles. The van der Waals surface area contributed by atoms with Crippen LogP contribution in [0.25, 0.3) is 16.8 Å². The van der Waals surface area contributed by atoms with E-state index >= 15 is 0 Å². The van der Waals surface area contributed by atoms with Gasteiger partial charge in [0.15, 0.2) is 0 Å². The third kappa shape index (κ3) is 4.09. The average Bonchev–Trinajstić information content (AvgIpc) is 3.16. The summed E-state index contributed by atoms with van der Waals surface area (Å²) < 4.78 is 13.1. The van der Waals surface area contributed by atoms with Crippen LogP contribution < -0.4 is 14.8 Å². The van der Waals surface area contributed by atoms with E-state index in [-0.39, 0.29) is 6.04 Å². The summed E-state index contributed by atoms with van der Waals surface area (Å²) >= 11 is 0. The molecule has 0 bridgehead atoms. The molecule has 1 N–H and O–H groups in total. The molecule has 3 aromatic rings. The highest BCUT2D eigenvalue weighted by molar-refractivity contribution is 5.71. The normalized spacial score (nSPS) is 12.1. The monoisotopic (exact) mass is 367 g/mol. The molecule has 7 nitrogen and oxygen atoms in total. The number of ether oxygens (including phenoxy) is 2. The molecule has 0 aromatic carbocycles. The molecule has 0 spiro atoms. The molecule has 0 saturated carbocycles. The minimum Gasteiger partial charge on any atom is -0.479 e. The highest BCUT2D eigenvalue weighted by Crippen LogP contribution is 2.31. The van der Waals surface area contributed by atoms with Crippen molar-refractivity contribution in [3.63, 3.8) is 0 Å². The second kappa shape index (κ2) is 8.64. The van der Waals surface area contributed by atoms with Gasteiger partial charge in [-0.25, -0.2) is 14.5 Å². The zero-order valence-electron chi connectivity index (χ0n) is 16.0. The number of methoxy groups -OCH3 is 1. The summed E-state index contributed by atoms with van der Waals surface area (Å²) in [5.41, 5.74) is 3.31. The van der Waals surface area contributed by atoms with E-state index in [4.69, 9.17) is 14.5 Å². The van der Waals surface area contributed by atoms with Crippen molar-refractivity contribution in [2.45, 2.75) is 26.3 Å². The molecule has 3 aromatic heterocycles. The van der Waals surface area contributed by atoms with E-state index in [9.17, 15) is 0 Å². The van der Waals surface area contributed by atoms with Crippen LogP contribution in [0.4, 0.5) is 0 Å². The highest BCUT2D eigenvalue weighted by Gasteiger charge is 2.16. The lowest BCUT2D eigenvalue weighted by Gasteiger charge is -2.15. The van der Waals surface area contributed by atoms with Crippen LogP contribution in [0.2, 0.25) is 0 Å². The molecule has 142 valence electrons. The zero-order chi connectivity index (χ0) is 19.2. The standard InChI is InChI=1S/C20H25N5O2/c1-5-7-10-27-18-12-15(11-16-8-9-23-25(16)18)19-20(26-4)22-13-17(24-19)14(3)21-6-2/h5,8-9,11-14,21H,1,6-7,10H2,2-4H3. The molecule has 0 amide bonds. The first-order valence-corrected chi connectivity index (χ1v) is 9.04. The van der Waals surface area contributed by atoms with Crippen molar-refractivity contribution in [3.8, 4) is 23.0 Å². The Bertz CT molecular complexity index is 922. The summed E-state index contributed by atoms with van der Waals surface area (Å²) in [5, 5.41) is 7.69. The van der Waals surface area contributed by atoms with Gasteiger partial charge in [-0.3, -0.25) is 0 Å². The average molecular weight is 367 g/mol. The van der Waals surface area contributed by atoms with Gasteiger partial charge in [-0.15, -0.1) is 6.58 Å². The predicted octanol–water partition coefficient (Wildman–Crippen LogP) is 3.43. The van der Waals surface area contributed by atoms with Crippen LogP contribution in [-0.4, -0.2) is 39.8 Å². The van der Waals surface area contributed by atoms with Gasteiger partial charge in [0.25, 0.3) is 0 Å². The highest BCUT2D eigenvalue weighted by atomic mass is 16.5. The van der Waals surface area contributed by atoms with E-state index in [1.54, 1.807) is 24.0 Å². The first kappa shape index (κ1) is 18.8. The van der Waals surface area contributed by atoms with Crippen molar-refractivity contribution < 1.29 is 9.47 Å². The number of pyridine rings is 1. The van der Waals surface area contributed by atoms with Gasteiger partial charge in [0.2, 0.25) is 11.8 Å². The van der Waals surface area contributed by atoms with E-state index in [1.807, 2.05) is 24.3 Å². The number of hydrogen-bond acceptors (Lipinski definition) is 6. The van der Waals surface area contributed by atoms with E-state index in [0.717, 1.165) is 29.7 Å². The Morgan fingerprint density at radius 1 is 1.37 bits per heavy atom. The largest absolute Gasteiger partial charge is 0.479 e. The maximum Gasteiger partial charge on any atom is 0.240 e. The molecule has 0 aliphatic rings. The lowest BCUT2D eigenvalue weighted by atomic mass is 10.1. The number of rotatable bonds is 9. The van der Waals surface area contributed by atoms with Crippen molar-refractivity contribution >= 4 is 5.52 Å². The summed E-state index contributed by atoms with van der Waals surface area (Å²) in [6, 6.07) is 5.93. The van der Waals surface area contributed by atoms with Gasteiger partial charge < -0.3 is 14.8 Å². The number of fused-ring (bicyclic) bond motifs is 1. The fraction of sp³-hybridized carbons (Fsp3) is 0.350. The lowest BCUT2D eigenvalue weighted by molar-refractivity contribution is 0.304. The Kier molecular flexibility index (Phi) is 6.03. The third-order valence-electron chi connectivity index (χ3n) is 4.21. The summed E-state index contributed by atoms with van der Waals surface area (Å²) in [4.78, 5) is 9.26. The molecule has 1 unspecified atom stereocenters. The Balaban J connectivity index is 2.07. The Hall–Kier alpha value is -2.93. The molecule has 0 fully saturated rings. The second-order valence-corrected chi connectivity index (χ2v) is 6.11. The van der Waals surface area contributed by atoms with Gasteiger partial charge in [0.1, 0.15) is 5.69 Å². The van der Waals surface area contributed by atoms with Gasteiger partial charge in [-0.2, -0.15) is 5.10 Å². The van der Waals surface area contributed by atoms with Crippen molar-refractivity contribution in [2.24, 2.45) is 0 Å². The van der Waals surface area contributed by atoms with Crippen LogP contribution in [-0.2, 0) is 0 Å². The first-order chi connectivity index (χ1) is 13.2. The van der Waals surface area contributed by atoms with Gasteiger partial charge in [0, 0.05) is 17.7 Å². The van der Waals surface area contributed by atoms with E-state index in [2.05, 4.69) is 35.8 Å². The van der Waals surface area contributed by atoms with Crippen molar-refractivity contribution in [1.29, 1.82) is 0 Å². The Morgan fingerprint density at radius 2 is 2.22 bits per heavy atom. The predicted molar refractivity (Wildman–Crippen MR) is 105 cm³/mol. The van der Waals surface area contributed by atoms with Crippen LogP contribution in [0, 0.1) is 0 Å². The molecule has 1 atom stereocenters. The molecule has 0 saturated heterocycles. The molecular formula is C20H25N5O2. The second-order valence-electron chi connectivity index (χ2n) is 6.11. The topological polar surface area (TPSA) is 73.6 Å². The Labute approximate surface area is 159 Å². The molecular weight excluding hydrogens is 342 g/mol. The Morgan fingerprint density at radius 3 is 2.96 bits per heavy atom. The van der Waals surface area contributed by atoms with Crippen molar-refractivity contribution in [2.75, 3.05) is 20.3 Å². The maximum absolute atomic E-state index is 5.90. The van der Waals surface area contributed by atoms with Gasteiger partial charge in [-0.05, 0) is 32.0 Å². The van der Waals surface area contributed by atoms with Crippen molar-refractivity contribution in [3.05, 3.63) is 48.9 Å². The lowest BCUT2D eigenvalue weighted by Crippen LogP contribution is -2.19. The number of aromatic nitrogens is 4. The quantitative estimate of drug-likeness (QED) is 0.461. The zero-order valence-corrected chi connectivity index (χ0v) is 16.0. The van der Waals surface area contributed by atoms with Crippen LogP contribution in [0.3, 0.4) is 0 Å². The molecule has 0 aliphatic heterocycles. The third-order valence-corrected chi connectivity index (χ3v) is 4.21. The fourth-order valence-electron chi connectivity index (χ4n) is 2.84. The number of hydrogen-bond donors (Lipinski definition) is 1.